The number of rotatable bonds is 60. The minimum absolute atomic E-state index is 0.0929. The molecule has 0 bridgehead atoms. The molecule has 82 heavy (non-hydrogen) atoms. The van der Waals surface area contributed by atoms with E-state index in [1.165, 1.54) is 89.9 Å². The Labute approximate surface area is 506 Å². The Hall–Kier alpha value is -4.71. The first kappa shape index (κ1) is 77.3. The SMILES string of the molecule is CC/C=C\C/C=C\C/C=C\C/C=C\C/C=C\C/C=C\C/C=C\CCCCCCCCCCCCCCCC(=O)OCC(COC(=O)CCCCCCC/C=C\C/C=C\CCCC)OC(=O)CCCCCCC/C=C\C/C=C\C/C=C\CC. The number of allylic oxidation sites excluding steroid dienone is 24. The van der Waals surface area contributed by atoms with E-state index >= 15 is 0 Å². The van der Waals surface area contributed by atoms with Gasteiger partial charge in [0.2, 0.25) is 0 Å². The Morgan fingerprint density at radius 1 is 0.256 bits per heavy atom. The summed E-state index contributed by atoms with van der Waals surface area (Å²) in [7, 11) is 0. The van der Waals surface area contributed by atoms with Gasteiger partial charge in [0, 0.05) is 19.3 Å². The molecule has 0 saturated heterocycles. The first-order valence-electron chi connectivity index (χ1n) is 33.8. The number of ether oxygens (including phenoxy) is 3. The summed E-state index contributed by atoms with van der Waals surface area (Å²) in [5.74, 6) is -0.923. The van der Waals surface area contributed by atoms with Gasteiger partial charge < -0.3 is 14.2 Å². The second-order valence-electron chi connectivity index (χ2n) is 22.0. The van der Waals surface area contributed by atoms with Crippen LogP contribution in [0.25, 0.3) is 0 Å². The Kier molecular flexibility index (Phi) is 64.8. The first-order valence-corrected chi connectivity index (χ1v) is 33.8. The summed E-state index contributed by atoms with van der Waals surface area (Å²) in [5.41, 5.74) is 0. The van der Waals surface area contributed by atoms with Gasteiger partial charge in [0.25, 0.3) is 0 Å². The molecule has 0 radical (unpaired) electrons. The molecule has 0 aromatic carbocycles. The maximum Gasteiger partial charge on any atom is 0.306 e. The van der Waals surface area contributed by atoms with E-state index in [0.717, 1.165) is 167 Å². The van der Waals surface area contributed by atoms with Crippen molar-refractivity contribution in [1.82, 2.24) is 0 Å². The summed E-state index contributed by atoms with van der Waals surface area (Å²) in [6.07, 6.45) is 98.7. The molecule has 1 atom stereocenters. The predicted octanol–water partition coefficient (Wildman–Crippen LogP) is 23.5. The van der Waals surface area contributed by atoms with E-state index < -0.39 is 6.10 Å². The van der Waals surface area contributed by atoms with Crippen LogP contribution in [0.5, 0.6) is 0 Å². The lowest BCUT2D eigenvalue weighted by atomic mass is 10.0. The smallest absolute Gasteiger partial charge is 0.306 e. The van der Waals surface area contributed by atoms with Crippen molar-refractivity contribution in [2.24, 2.45) is 0 Å². The molecule has 0 aromatic rings. The van der Waals surface area contributed by atoms with Crippen LogP contribution in [0.2, 0.25) is 0 Å². The van der Waals surface area contributed by atoms with Gasteiger partial charge >= 0.3 is 17.9 Å². The van der Waals surface area contributed by atoms with E-state index in [2.05, 4.69) is 167 Å². The van der Waals surface area contributed by atoms with Crippen molar-refractivity contribution in [2.75, 3.05) is 13.2 Å². The fraction of sp³-hybridized carbons (Fsp3) is 0.645. The van der Waals surface area contributed by atoms with Crippen molar-refractivity contribution >= 4 is 17.9 Å². The number of esters is 3. The third kappa shape index (κ3) is 66.1. The molecular weight excluding hydrogens is 1010 g/mol. The third-order valence-electron chi connectivity index (χ3n) is 14.1. The topological polar surface area (TPSA) is 78.9 Å². The number of carbonyl (C=O) groups excluding carboxylic acids is 3. The molecule has 1 unspecified atom stereocenters. The van der Waals surface area contributed by atoms with Crippen molar-refractivity contribution < 1.29 is 28.6 Å². The maximum atomic E-state index is 12.9. The zero-order valence-corrected chi connectivity index (χ0v) is 53.2. The number of hydrogen-bond acceptors (Lipinski definition) is 6. The summed E-state index contributed by atoms with van der Waals surface area (Å²) in [6.45, 7) is 6.35. The Balaban J connectivity index is 4.22. The molecule has 0 N–H and O–H groups in total. The van der Waals surface area contributed by atoms with Gasteiger partial charge in [-0.3, -0.25) is 14.4 Å². The monoisotopic (exact) mass is 1130 g/mol. The Morgan fingerprint density at radius 3 is 0.744 bits per heavy atom. The van der Waals surface area contributed by atoms with E-state index in [9.17, 15) is 14.4 Å². The fourth-order valence-corrected chi connectivity index (χ4v) is 9.04. The van der Waals surface area contributed by atoms with Crippen LogP contribution < -0.4 is 0 Å². The second kappa shape index (κ2) is 68.8. The standard InChI is InChI=1S/C76H124O6/c1-4-7-10-13-16-19-22-25-28-29-30-31-32-33-34-35-36-37-38-39-40-41-42-43-44-45-46-47-49-51-54-57-60-63-66-69-75(78)81-72-73(71-80-74(77)68-65-62-59-56-53-50-27-24-21-18-15-12-9-6-3)82-76(79)70-67-64-61-58-55-52-48-26-23-20-17-14-11-8-5-2/h7-8,10-11,15-20,24-28,30-31,33-34,36-37,39-40,48,73H,4-6,9,12-14,21-23,29,32,35,38,41-47,49-72H2,1-3H3/b10-7-,11-8-,18-15-,19-16-,20-17-,27-24-,28-25-,31-30-,34-33-,37-36-,40-39-,48-26-. The molecule has 0 aliphatic carbocycles. The summed E-state index contributed by atoms with van der Waals surface area (Å²) in [4.78, 5) is 38.3. The van der Waals surface area contributed by atoms with Crippen LogP contribution in [-0.2, 0) is 28.6 Å². The molecule has 0 amide bonds. The third-order valence-corrected chi connectivity index (χ3v) is 14.1. The molecule has 0 saturated carbocycles. The highest BCUT2D eigenvalue weighted by Crippen LogP contribution is 2.16. The molecule has 0 heterocycles. The fourth-order valence-electron chi connectivity index (χ4n) is 9.04. The van der Waals surface area contributed by atoms with Gasteiger partial charge in [-0.1, -0.05) is 289 Å². The molecule has 6 heteroatoms. The lowest BCUT2D eigenvalue weighted by molar-refractivity contribution is -0.167. The number of hydrogen-bond donors (Lipinski definition) is 0. The van der Waals surface area contributed by atoms with Gasteiger partial charge in [-0.15, -0.1) is 0 Å². The molecule has 0 aliphatic heterocycles. The molecule has 0 spiro atoms. The highest BCUT2D eigenvalue weighted by atomic mass is 16.6. The predicted molar refractivity (Wildman–Crippen MR) is 357 cm³/mol. The average molecular weight is 1130 g/mol. The van der Waals surface area contributed by atoms with Crippen molar-refractivity contribution in [3.05, 3.63) is 146 Å². The maximum absolute atomic E-state index is 12.9. The van der Waals surface area contributed by atoms with Gasteiger partial charge in [0.05, 0.1) is 0 Å². The first-order chi connectivity index (χ1) is 40.5. The zero-order valence-electron chi connectivity index (χ0n) is 53.2. The highest BCUT2D eigenvalue weighted by molar-refractivity contribution is 5.71. The van der Waals surface area contributed by atoms with E-state index in [4.69, 9.17) is 14.2 Å². The molecule has 0 fully saturated rings. The van der Waals surface area contributed by atoms with Crippen molar-refractivity contribution in [1.29, 1.82) is 0 Å². The lowest BCUT2D eigenvalue weighted by Crippen LogP contribution is -2.30. The van der Waals surface area contributed by atoms with Crippen molar-refractivity contribution in [2.45, 2.75) is 303 Å². The average Bonchev–Trinajstić information content (AvgIpc) is 3.48. The molecular formula is C76H124O6. The summed E-state index contributed by atoms with van der Waals surface area (Å²) >= 11 is 0. The van der Waals surface area contributed by atoms with Gasteiger partial charge in [0.15, 0.2) is 6.10 Å². The molecule has 6 nitrogen and oxygen atoms in total. The van der Waals surface area contributed by atoms with Crippen LogP contribution in [-0.4, -0.2) is 37.2 Å². The van der Waals surface area contributed by atoms with E-state index in [-0.39, 0.29) is 31.1 Å². The zero-order chi connectivity index (χ0) is 59.2. The van der Waals surface area contributed by atoms with Crippen molar-refractivity contribution in [3.63, 3.8) is 0 Å². The minimum Gasteiger partial charge on any atom is -0.462 e. The number of carbonyl (C=O) groups is 3. The largest absolute Gasteiger partial charge is 0.462 e. The van der Waals surface area contributed by atoms with Crippen LogP contribution in [0.3, 0.4) is 0 Å². The molecule has 464 valence electrons. The molecule has 0 aromatic heterocycles. The Bertz CT molecular complexity index is 1780. The summed E-state index contributed by atoms with van der Waals surface area (Å²) < 4.78 is 16.9. The van der Waals surface area contributed by atoms with Crippen LogP contribution >= 0.6 is 0 Å². The van der Waals surface area contributed by atoms with E-state index in [0.29, 0.717) is 19.3 Å². The van der Waals surface area contributed by atoms with Crippen LogP contribution in [0.4, 0.5) is 0 Å². The van der Waals surface area contributed by atoms with Crippen LogP contribution in [0.15, 0.2) is 146 Å². The summed E-state index contributed by atoms with van der Waals surface area (Å²) in [5, 5.41) is 0. The lowest BCUT2D eigenvalue weighted by Gasteiger charge is -2.18. The summed E-state index contributed by atoms with van der Waals surface area (Å²) in [6, 6.07) is 0. The van der Waals surface area contributed by atoms with Crippen LogP contribution in [0, 0.1) is 0 Å². The number of unbranched alkanes of at least 4 members (excludes halogenated alkanes) is 25. The van der Waals surface area contributed by atoms with Gasteiger partial charge in [-0.05, 0) is 135 Å². The van der Waals surface area contributed by atoms with Crippen molar-refractivity contribution in [3.8, 4) is 0 Å². The Morgan fingerprint density at radius 2 is 0.476 bits per heavy atom. The minimum atomic E-state index is -0.798. The quantitative estimate of drug-likeness (QED) is 0.0261. The second-order valence-corrected chi connectivity index (χ2v) is 22.0. The van der Waals surface area contributed by atoms with Gasteiger partial charge in [-0.2, -0.15) is 0 Å². The van der Waals surface area contributed by atoms with E-state index in [1.807, 2.05) is 0 Å². The van der Waals surface area contributed by atoms with E-state index in [1.54, 1.807) is 0 Å². The highest BCUT2D eigenvalue weighted by Gasteiger charge is 2.19. The van der Waals surface area contributed by atoms with Gasteiger partial charge in [0.1, 0.15) is 13.2 Å². The molecule has 0 rings (SSSR count). The van der Waals surface area contributed by atoms with Gasteiger partial charge in [-0.25, -0.2) is 0 Å². The normalized spacial score (nSPS) is 13.1. The van der Waals surface area contributed by atoms with Crippen LogP contribution in [0.1, 0.15) is 297 Å². The molecule has 0 aliphatic rings.